The van der Waals surface area contributed by atoms with Gasteiger partial charge in [0.15, 0.2) is 0 Å². The molecule has 128 valence electrons. The number of ether oxygens (including phenoxy) is 1. The van der Waals surface area contributed by atoms with Gasteiger partial charge in [-0.15, -0.1) is 0 Å². The van der Waals surface area contributed by atoms with Crippen LogP contribution in [0.15, 0.2) is 24.3 Å². The number of carbonyl (C=O) groups excluding carboxylic acids is 4. The van der Waals surface area contributed by atoms with Gasteiger partial charge < -0.3 is 19.9 Å². The van der Waals surface area contributed by atoms with E-state index in [1.165, 1.54) is 29.2 Å². The van der Waals surface area contributed by atoms with Crippen molar-refractivity contribution in [3.63, 3.8) is 0 Å². The summed E-state index contributed by atoms with van der Waals surface area (Å²) in [5, 5.41) is 2.50. The first-order chi connectivity index (χ1) is 11.5. The lowest BCUT2D eigenvalue weighted by atomic mass is 10.2. The highest BCUT2D eigenvalue weighted by Crippen LogP contribution is 2.11. The molecular weight excluding hydrogens is 314 g/mol. The normalized spacial score (nSPS) is 14.0. The van der Waals surface area contributed by atoms with Crippen LogP contribution >= 0.6 is 0 Å². The lowest BCUT2D eigenvalue weighted by Gasteiger charge is -2.31. The van der Waals surface area contributed by atoms with Gasteiger partial charge in [-0.25, -0.2) is 4.79 Å². The van der Waals surface area contributed by atoms with Crippen molar-refractivity contribution >= 4 is 29.9 Å². The molecule has 0 saturated carbocycles. The van der Waals surface area contributed by atoms with Crippen LogP contribution in [0.1, 0.15) is 17.3 Å². The molecule has 1 aliphatic rings. The van der Waals surface area contributed by atoms with Crippen LogP contribution in [0.2, 0.25) is 0 Å². The Morgan fingerprint density at radius 2 is 1.75 bits per heavy atom. The number of anilines is 1. The molecule has 1 heterocycles. The molecule has 1 aromatic rings. The van der Waals surface area contributed by atoms with Crippen LogP contribution < -0.4 is 5.32 Å². The van der Waals surface area contributed by atoms with Crippen LogP contribution in [-0.2, 0) is 19.1 Å². The maximum Gasteiger partial charge on any atom is 0.338 e. The van der Waals surface area contributed by atoms with Gasteiger partial charge in [-0.2, -0.15) is 0 Å². The molecule has 1 aliphatic heterocycles. The van der Waals surface area contributed by atoms with Gasteiger partial charge in [0.05, 0.1) is 12.2 Å². The molecular formula is C16H19N3O5. The molecule has 3 amide bonds. The summed E-state index contributed by atoms with van der Waals surface area (Å²) < 4.78 is 4.87. The number of nitrogens with one attached hydrogen (secondary N) is 1. The minimum atomic E-state index is -0.751. The van der Waals surface area contributed by atoms with Crippen molar-refractivity contribution in [1.82, 2.24) is 9.80 Å². The van der Waals surface area contributed by atoms with Gasteiger partial charge in [-0.3, -0.25) is 14.4 Å². The molecule has 1 saturated heterocycles. The number of hydrogen-bond acceptors (Lipinski definition) is 5. The first kappa shape index (κ1) is 17.5. The summed E-state index contributed by atoms with van der Waals surface area (Å²) in [6, 6.07) is 6.09. The maximum atomic E-state index is 12.1. The second-order valence-electron chi connectivity index (χ2n) is 5.19. The Labute approximate surface area is 139 Å². The van der Waals surface area contributed by atoms with Crippen LogP contribution in [0.25, 0.3) is 0 Å². The Morgan fingerprint density at radius 3 is 2.29 bits per heavy atom. The monoisotopic (exact) mass is 333 g/mol. The zero-order valence-corrected chi connectivity index (χ0v) is 13.4. The second kappa shape index (κ2) is 8.09. The van der Waals surface area contributed by atoms with Gasteiger partial charge in [0, 0.05) is 31.9 Å². The smallest absolute Gasteiger partial charge is 0.338 e. The summed E-state index contributed by atoms with van der Waals surface area (Å²) in [4.78, 5) is 49.2. The van der Waals surface area contributed by atoms with Crippen LogP contribution in [0.4, 0.5) is 5.69 Å². The van der Waals surface area contributed by atoms with Crippen molar-refractivity contribution in [2.24, 2.45) is 0 Å². The highest BCUT2D eigenvalue weighted by molar-refractivity contribution is 6.39. The molecule has 24 heavy (non-hydrogen) atoms. The molecule has 0 atom stereocenters. The average molecular weight is 333 g/mol. The summed E-state index contributed by atoms with van der Waals surface area (Å²) in [6.07, 6.45) is 0.729. The number of amides is 3. The number of rotatable bonds is 4. The third-order valence-corrected chi connectivity index (χ3v) is 3.60. The molecule has 1 N–H and O–H groups in total. The van der Waals surface area contributed by atoms with Gasteiger partial charge in [0.1, 0.15) is 0 Å². The highest BCUT2D eigenvalue weighted by atomic mass is 16.5. The van der Waals surface area contributed by atoms with E-state index in [-0.39, 0.29) is 6.61 Å². The van der Waals surface area contributed by atoms with Crippen molar-refractivity contribution in [3.05, 3.63) is 29.8 Å². The topological polar surface area (TPSA) is 96.0 Å². The summed E-state index contributed by atoms with van der Waals surface area (Å²) in [6.45, 7) is 3.48. The minimum absolute atomic E-state index is 0.281. The fourth-order valence-corrected chi connectivity index (χ4v) is 2.26. The summed E-state index contributed by atoms with van der Waals surface area (Å²) in [5.74, 6) is -1.84. The predicted octanol–water partition coefficient (Wildman–Crippen LogP) is 0.102. The summed E-state index contributed by atoms with van der Waals surface area (Å²) in [7, 11) is 0. The van der Waals surface area contributed by atoms with E-state index in [0.717, 1.165) is 6.41 Å². The molecule has 0 spiro atoms. The van der Waals surface area contributed by atoms with E-state index >= 15 is 0 Å². The molecule has 1 fully saturated rings. The quantitative estimate of drug-likeness (QED) is 0.479. The third kappa shape index (κ3) is 4.31. The molecule has 1 aromatic carbocycles. The molecule has 0 bridgehead atoms. The minimum Gasteiger partial charge on any atom is -0.462 e. The van der Waals surface area contributed by atoms with Crippen molar-refractivity contribution < 1.29 is 23.9 Å². The second-order valence-corrected chi connectivity index (χ2v) is 5.19. The zero-order chi connectivity index (χ0) is 17.5. The van der Waals surface area contributed by atoms with Crippen molar-refractivity contribution in [3.8, 4) is 0 Å². The zero-order valence-electron chi connectivity index (χ0n) is 13.4. The fourth-order valence-electron chi connectivity index (χ4n) is 2.26. The molecule has 8 nitrogen and oxygen atoms in total. The Bertz CT molecular complexity index is 621. The number of hydrogen-bond donors (Lipinski definition) is 1. The molecule has 2 rings (SSSR count). The number of piperazine rings is 1. The van der Waals surface area contributed by atoms with Gasteiger partial charge in [-0.05, 0) is 31.2 Å². The van der Waals surface area contributed by atoms with E-state index in [2.05, 4.69) is 5.32 Å². The van der Waals surface area contributed by atoms with E-state index < -0.39 is 17.8 Å². The lowest BCUT2D eigenvalue weighted by molar-refractivity contribution is -0.144. The van der Waals surface area contributed by atoms with Gasteiger partial charge in [0.25, 0.3) is 0 Å². The van der Waals surface area contributed by atoms with E-state index in [1.54, 1.807) is 11.8 Å². The lowest BCUT2D eigenvalue weighted by Crippen LogP contribution is -2.51. The van der Waals surface area contributed by atoms with E-state index in [0.29, 0.717) is 37.4 Å². The highest BCUT2D eigenvalue weighted by Gasteiger charge is 2.25. The Hall–Kier alpha value is -2.90. The number of carbonyl (C=O) groups is 4. The van der Waals surface area contributed by atoms with Crippen molar-refractivity contribution in [2.75, 3.05) is 38.1 Å². The maximum absolute atomic E-state index is 12.1. The van der Waals surface area contributed by atoms with Crippen molar-refractivity contribution in [1.29, 1.82) is 0 Å². The Kier molecular flexibility index (Phi) is 5.89. The Morgan fingerprint density at radius 1 is 1.12 bits per heavy atom. The number of esters is 1. The SMILES string of the molecule is CCOC(=O)c1ccc(NC(=O)C(=O)N2CCN(C=O)CC2)cc1. The third-order valence-electron chi connectivity index (χ3n) is 3.60. The molecule has 0 unspecified atom stereocenters. The Balaban J connectivity index is 1.91. The van der Waals surface area contributed by atoms with Crippen molar-refractivity contribution in [2.45, 2.75) is 6.92 Å². The molecule has 0 aromatic heterocycles. The first-order valence-corrected chi connectivity index (χ1v) is 7.62. The predicted molar refractivity (Wildman–Crippen MR) is 85.2 cm³/mol. The standard InChI is InChI=1S/C16H19N3O5/c1-2-24-16(23)12-3-5-13(6-4-12)17-14(21)15(22)19-9-7-18(11-20)8-10-19/h3-6,11H,2,7-10H2,1H3,(H,17,21). The number of benzene rings is 1. The first-order valence-electron chi connectivity index (χ1n) is 7.62. The molecule has 8 heteroatoms. The van der Waals surface area contributed by atoms with Gasteiger partial charge in [0.2, 0.25) is 6.41 Å². The molecule has 0 aliphatic carbocycles. The van der Waals surface area contributed by atoms with E-state index in [4.69, 9.17) is 4.74 Å². The molecule has 0 radical (unpaired) electrons. The van der Waals surface area contributed by atoms with Crippen LogP contribution in [-0.4, -0.2) is 66.8 Å². The average Bonchev–Trinajstić information content (AvgIpc) is 2.62. The fraction of sp³-hybridized carbons (Fsp3) is 0.375. The van der Waals surface area contributed by atoms with Crippen LogP contribution in [0.5, 0.6) is 0 Å². The number of nitrogens with zero attached hydrogens (tertiary/aromatic N) is 2. The van der Waals surface area contributed by atoms with E-state index in [9.17, 15) is 19.2 Å². The van der Waals surface area contributed by atoms with Crippen LogP contribution in [0, 0.1) is 0 Å². The summed E-state index contributed by atoms with van der Waals surface area (Å²) >= 11 is 0. The van der Waals surface area contributed by atoms with Gasteiger partial charge >= 0.3 is 17.8 Å². The van der Waals surface area contributed by atoms with Gasteiger partial charge in [-0.1, -0.05) is 0 Å². The van der Waals surface area contributed by atoms with E-state index in [1.807, 2.05) is 0 Å². The largest absolute Gasteiger partial charge is 0.462 e. The van der Waals surface area contributed by atoms with Crippen LogP contribution in [0.3, 0.4) is 0 Å². The summed E-state index contributed by atoms with van der Waals surface area (Å²) in [5.41, 5.74) is 0.777.